The van der Waals surface area contributed by atoms with Gasteiger partial charge in [-0.25, -0.2) is 9.48 Å². The standard InChI is InChI=1S/C28H25F6N3O2/c1-36-25(35-37(26(36)38)17-20-6-2-8-22(15-20)27(29,30)31)10-4-5-19-11-13-24(14-12-19)39-18-21-7-3-9-23(16-21)28(32,33)34/h2-3,6-9,11-16H,4-5,10,17-18H2,1H3. The van der Waals surface area contributed by atoms with Gasteiger partial charge < -0.3 is 4.74 Å². The molecule has 39 heavy (non-hydrogen) atoms. The number of hydrogen-bond donors (Lipinski definition) is 0. The number of hydrogen-bond acceptors (Lipinski definition) is 3. The molecule has 0 amide bonds. The Bertz CT molecular complexity index is 1470. The average molecular weight is 550 g/mol. The summed E-state index contributed by atoms with van der Waals surface area (Å²) in [7, 11) is 1.57. The lowest BCUT2D eigenvalue weighted by molar-refractivity contribution is -0.138. The number of halogens is 6. The average Bonchev–Trinajstić information content (AvgIpc) is 3.15. The Morgan fingerprint density at radius 2 is 1.36 bits per heavy atom. The van der Waals surface area contributed by atoms with Gasteiger partial charge >= 0.3 is 18.0 Å². The van der Waals surface area contributed by atoms with Crippen molar-refractivity contribution in [2.24, 2.45) is 7.05 Å². The number of aryl methyl sites for hydroxylation is 2. The third kappa shape index (κ3) is 7.30. The molecule has 1 heterocycles. The first-order valence-electron chi connectivity index (χ1n) is 12.1. The van der Waals surface area contributed by atoms with Gasteiger partial charge in [0.25, 0.3) is 0 Å². The van der Waals surface area contributed by atoms with Crippen LogP contribution in [0, 0.1) is 0 Å². The number of benzene rings is 3. The molecule has 1 aromatic heterocycles. The number of nitrogens with zero attached hydrogens (tertiary/aromatic N) is 3. The molecule has 0 spiro atoms. The van der Waals surface area contributed by atoms with Crippen molar-refractivity contribution in [1.29, 1.82) is 0 Å². The molecule has 11 heteroatoms. The van der Waals surface area contributed by atoms with Crippen molar-refractivity contribution in [1.82, 2.24) is 14.3 Å². The zero-order valence-corrected chi connectivity index (χ0v) is 20.9. The summed E-state index contributed by atoms with van der Waals surface area (Å²) in [5.74, 6) is 1.04. The lowest BCUT2D eigenvalue weighted by Gasteiger charge is -2.10. The van der Waals surface area contributed by atoms with Crippen LogP contribution >= 0.6 is 0 Å². The fourth-order valence-electron chi connectivity index (χ4n) is 4.08. The normalized spacial score (nSPS) is 12.1. The maximum Gasteiger partial charge on any atom is 0.416 e. The van der Waals surface area contributed by atoms with Crippen LogP contribution in [-0.4, -0.2) is 14.3 Å². The first-order chi connectivity index (χ1) is 18.4. The van der Waals surface area contributed by atoms with Crippen LogP contribution in [0.5, 0.6) is 5.75 Å². The van der Waals surface area contributed by atoms with E-state index in [0.29, 0.717) is 42.0 Å². The van der Waals surface area contributed by atoms with Crippen molar-refractivity contribution >= 4 is 0 Å². The van der Waals surface area contributed by atoms with E-state index in [4.69, 9.17) is 4.74 Å². The van der Waals surface area contributed by atoms with Crippen molar-refractivity contribution in [3.8, 4) is 5.75 Å². The second-order valence-corrected chi connectivity index (χ2v) is 9.10. The number of alkyl halides is 6. The topological polar surface area (TPSA) is 49.0 Å². The quantitative estimate of drug-likeness (QED) is 0.227. The number of aromatic nitrogens is 3. The summed E-state index contributed by atoms with van der Waals surface area (Å²) in [6.45, 7) is -0.0704. The van der Waals surface area contributed by atoms with E-state index in [1.54, 1.807) is 25.2 Å². The van der Waals surface area contributed by atoms with Crippen LogP contribution in [0.15, 0.2) is 77.6 Å². The predicted octanol–water partition coefficient (Wildman–Crippen LogP) is 6.42. The molecule has 0 N–H and O–H groups in total. The predicted molar refractivity (Wildman–Crippen MR) is 132 cm³/mol. The minimum Gasteiger partial charge on any atom is -0.489 e. The van der Waals surface area contributed by atoms with Gasteiger partial charge in [-0.3, -0.25) is 4.57 Å². The van der Waals surface area contributed by atoms with Gasteiger partial charge in [-0.1, -0.05) is 36.4 Å². The van der Waals surface area contributed by atoms with Gasteiger partial charge in [-0.05, 0) is 65.9 Å². The molecule has 4 rings (SSSR count). The van der Waals surface area contributed by atoms with Crippen molar-refractivity contribution < 1.29 is 31.1 Å². The Morgan fingerprint density at radius 3 is 1.97 bits per heavy atom. The molecule has 3 aromatic carbocycles. The molecule has 0 bridgehead atoms. The third-order valence-corrected chi connectivity index (χ3v) is 6.17. The molecule has 0 aliphatic rings. The smallest absolute Gasteiger partial charge is 0.416 e. The summed E-state index contributed by atoms with van der Waals surface area (Å²) in [6, 6.07) is 17.0. The second kappa shape index (κ2) is 11.4. The molecular weight excluding hydrogens is 524 g/mol. The lowest BCUT2D eigenvalue weighted by atomic mass is 10.1. The molecule has 0 radical (unpaired) electrons. The minimum absolute atomic E-state index is 0.000450. The lowest BCUT2D eigenvalue weighted by Crippen LogP contribution is -2.24. The molecule has 5 nitrogen and oxygen atoms in total. The Kier molecular flexibility index (Phi) is 8.17. The highest BCUT2D eigenvalue weighted by Gasteiger charge is 2.31. The zero-order chi connectivity index (χ0) is 28.2. The van der Waals surface area contributed by atoms with E-state index < -0.39 is 29.2 Å². The van der Waals surface area contributed by atoms with Gasteiger partial charge in [-0.2, -0.15) is 31.4 Å². The Labute approximate surface area is 220 Å². The summed E-state index contributed by atoms with van der Waals surface area (Å²) in [5, 5.41) is 4.31. The molecular formula is C28H25F6N3O2. The van der Waals surface area contributed by atoms with Crippen molar-refractivity contribution in [2.45, 2.75) is 44.8 Å². The first kappa shape index (κ1) is 28.0. The molecule has 4 aromatic rings. The van der Waals surface area contributed by atoms with E-state index in [0.717, 1.165) is 34.5 Å². The molecule has 0 aliphatic carbocycles. The molecule has 0 atom stereocenters. The van der Waals surface area contributed by atoms with Crippen LogP contribution in [-0.2, 0) is 45.4 Å². The van der Waals surface area contributed by atoms with Crippen molar-refractivity contribution in [3.63, 3.8) is 0 Å². The van der Waals surface area contributed by atoms with Gasteiger partial charge in [0.2, 0.25) is 0 Å². The van der Waals surface area contributed by atoms with Gasteiger partial charge in [0, 0.05) is 13.5 Å². The molecule has 0 fully saturated rings. The maximum absolute atomic E-state index is 13.0. The van der Waals surface area contributed by atoms with Gasteiger partial charge in [-0.15, -0.1) is 0 Å². The van der Waals surface area contributed by atoms with E-state index in [-0.39, 0.29) is 13.2 Å². The van der Waals surface area contributed by atoms with Crippen LogP contribution < -0.4 is 10.4 Å². The highest BCUT2D eigenvalue weighted by atomic mass is 19.4. The van der Waals surface area contributed by atoms with E-state index >= 15 is 0 Å². The summed E-state index contributed by atoms with van der Waals surface area (Å²) in [4.78, 5) is 12.5. The van der Waals surface area contributed by atoms with Gasteiger partial charge in [0.05, 0.1) is 17.7 Å². The van der Waals surface area contributed by atoms with E-state index in [1.165, 1.54) is 22.8 Å². The van der Waals surface area contributed by atoms with Crippen molar-refractivity contribution in [2.75, 3.05) is 0 Å². The van der Waals surface area contributed by atoms with E-state index in [9.17, 15) is 31.1 Å². The van der Waals surface area contributed by atoms with Crippen LogP contribution in [0.25, 0.3) is 0 Å². The highest BCUT2D eigenvalue weighted by molar-refractivity contribution is 5.29. The fraction of sp³-hybridized carbons (Fsp3) is 0.286. The monoisotopic (exact) mass is 549 g/mol. The second-order valence-electron chi connectivity index (χ2n) is 9.10. The maximum atomic E-state index is 13.0. The summed E-state index contributed by atoms with van der Waals surface area (Å²) >= 11 is 0. The zero-order valence-electron chi connectivity index (χ0n) is 20.9. The van der Waals surface area contributed by atoms with Gasteiger partial charge in [0.1, 0.15) is 18.2 Å². The summed E-state index contributed by atoms with van der Waals surface area (Å²) in [6.07, 6.45) is -7.07. The Hall–Kier alpha value is -4.02. The summed E-state index contributed by atoms with van der Waals surface area (Å²) in [5.41, 5.74) is -0.188. The minimum atomic E-state index is -4.47. The largest absolute Gasteiger partial charge is 0.489 e. The van der Waals surface area contributed by atoms with Crippen LogP contribution in [0.1, 0.15) is 40.1 Å². The van der Waals surface area contributed by atoms with Crippen LogP contribution in [0.2, 0.25) is 0 Å². The first-order valence-corrected chi connectivity index (χ1v) is 12.1. The molecule has 0 saturated carbocycles. The summed E-state index contributed by atoms with van der Waals surface area (Å²) < 4.78 is 85.7. The SMILES string of the molecule is Cn1c(CCCc2ccc(OCc3cccc(C(F)(F)F)c3)cc2)nn(Cc2cccc(C(F)(F)F)c2)c1=O. The van der Waals surface area contributed by atoms with Crippen LogP contribution in [0.3, 0.4) is 0 Å². The third-order valence-electron chi connectivity index (χ3n) is 6.17. The van der Waals surface area contributed by atoms with Crippen molar-refractivity contribution in [3.05, 3.63) is 117 Å². The van der Waals surface area contributed by atoms with E-state index in [2.05, 4.69) is 5.10 Å². The van der Waals surface area contributed by atoms with Gasteiger partial charge in [0.15, 0.2) is 0 Å². The Balaban J connectivity index is 1.30. The molecule has 0 aliphatic heterocycles. The molecule has 206 valence electrons. The molecule has 0 unspecified atom stereocenters. The Morgan fingerprint density at radius 1 is 0.769 bits per heavy atom. The number of rotatable bonds is 9. The highest BCUT2D eigenvalue weighted by Crippen LogP contribution is 2.30. The van der Waals surface area contributed by atoms with Crippen LogP contribution in [0.4, 0.5) is 26.3 Å². The fourth-order valence-corrected chi connectivity index (χ4v) is 4.08. The number of ether oxygens (including phenoxy) is 1. The molecule has 0 saturated heterocycles. The van der Waals surface area contributed by atoms with E-state index in [1.807, 2.05) is 12.1 Å².